The smallest absolute Gasteiger partial charge is 0.260 e. The predicted octanol–water partition coefficient (Wildman–Crippen LogP) is 4.48. The van der Waals surface area contributed by atoms with E-state index in [0.29, 0.717) is 48.8 Å². The lowest BCUT2D eigenvalue weighted by Gasteiger charge is -2.33. The topological polar surface area (TPSA) is 77.0 Å². The molecule has 1 aromatic heterocycles. The van der Waals surface area contributed by atoms with E-state index in [1.165, 1.54) is 0 Å². The summed E-state index contributed by atoms with van der Waals surface area (Å²) < 4.78 is 17.2. The van der Waals surface area contributed by atoms with Crippen LogP contribution in [0.5, 0.6) is 23.1 Å². The lowest BCUT2D eigenvalue weighted by Crippen LogP contribution is -2.40. The summed E-state index contributed by atoms with van der Waals surface area (Å²) in [4.78, 5) is 26.8. The number of rotatable bonds is 7. The van der Waals surface area contributed by atoms with E-state index in [1.807, 2.05) is 54.6 Å². The molecule has 2 aliphatic heterocycles. The number of benzene rings is 2. The molecule has 0 radical (unpaired) electrons. The van der Waals surface area contributed by atoms with Gasteiger partial charge in [0.15, 0.2) is 6.61 Å². The van der Waals surface area contributed by atoms with Crippen molar-refractivity contribution in [2.24, 2.45) is 5.92 Å². The van der Waals surface area contributed by atoms with E-state index >= 15 is 0 Å². The summed E-state index contributed by atoms with van der Waals surface area (Å²) in [7, 11) is 1.63. The minimum absolute atomic E-state index is 0.0150. The van der Waals surface area contributed by atoms with Crippen molar-refractivity contribution in [1.82, 2.24) is 14.9 Å². The Morgan fingerprint density at radius 2 is 1.67 bits per heavy atom. The van der Waals surface area contributed by atoms with Gasteiger partial charge in [0.05, 0.1) is 24.9 Å². The molecule has 1 saturated heterocycles. The second-order valence-electron chi connectivity index (χ2n) is 9.37. The standard InChI is InChI=1S/C28H32N4O4/c1-20-12-15-31(16-13-20)28-29-25-14-17-32(26(33)19-35-22-6-4-3-5-7-22)18-24(25)27(30-28)36-23-10-8-21(34-2)9-11-23/h3-11,20H,12-19H2,1-2H3. The predicted molar refractivity (Wildman–Crippen MR) is 137 cm³/mol. The number of methoxy groups -OCH3 is 1. The van der Waals surface area contributed by atoms with Gasteiger partial charge in [-0.2, -0.15) is 4.98 Å². The molecule has 0 atom stereocenters. The highest BCUT2D eigenvalue weighted by atomic mass is 16.5. The molecule has 3 aromatic rings. The highest BCUT2D eigenvalue weighted by molar-refractivity contribution is 5.78. The van der Waals surface area contributed by atoms with Crippen LogP contribution in [0.1, 0.15) is 31.0 Å². The molecule has 1 amide bonds. The van der Waals surface area contributed by atoms with Crippen molar-refractivity contribution in [3.8, 4) is 23.1 Å². The first-order valence-corrected chi connectivity index (χ1v) is 12.5. The minimum atomic E-state index is -0.0750. The monoisotopic (exact) mass is 488 g/mol. The van der Waals surface area contributed by atoms with E-state index in [1.54, 1.807) is 12.0 Å². The van der Waals surface area contributed by atoms with Gasteiger partial charge in [0.1, 0.15) is 17.2 Å². The van der Waals surface area contributed by atoms with Crippen molar-refractivity contribution in [1.29, 1.82) is 0 Å². The molecular formula is C28H32N4O4. The number of carbonyl (C=O) groups is 1. The lowest BCUT2D eigenvalue weighted by molar-refractivity contribution is -0.134. The van der Waals surface area contributed by atoms with Crippen molar-refractivity contribution in [3.63, 3.8) is 0 Å². The van der Waals surface area contributed by atoms with Crippen LogP contribution in [0.15, 0.2) is 54.6 Å². The minimum Gasteiger partial charge on any atom is -0.497 e. The Hall–Kier alpha value is -3.81. The van der Waals surface area contributed by atoms with Gasteiger partial charge in [-0.3, -0.25) is 4.79 Å². The van der Waals surface area contributed by atoms with Crippen LogP contribution in [-0.4, -0.2) is 54.1 Å². The van der Waals surface area contributed by atoms with E-state index < -0.39 is 0 Å². The largest absolute Gasteiger partial charge is 0.497 e. The molecule has 0 unspecified atom stereocenters. The van der Waals surface area contributed by atoms with E-state index in [2.05, 4.69) is 11.8 Å². The van der Waals surface area contributed by atoms with Gasteiger partial charge in [0.25, 0.3) is 5.91 Å². The SMILES string of the molecule is COc1ccc(Oc2nc(N3CCC(C)CC3)nc3c2CN(C(=O)COc2ccccc2)CC3)cc1. The molecule has 0 spiro atoms. The fourth-order valence-corrected chi connectivity index (χ4v) is 4.53. The third-order valence-corrected chi connectivity index (χ3v) is 6.81. The molecular weight excluding hydrogens is 456 g/mol. The molecule has 188 valence electrons. The van der Waals surface area contributed by atoms with E-state index in [9.17, 15) is 4.79 Å². The van der Waals surface area contributed by atoms with Crippen molar-refractivity contribution >= 4 is 11.9 Å². The lowest BCUT2D eigenvalue weighted by atomic mass is 9.99. The third-order valence-electron chi connectivity index (χ3n) is 6.81. The molecule has 0 saturated carbocycles. The first kappa shape index (κ1) is 23.9. The van der Waals surface area contributed by atoms with Gasteiger partial charge in [0.2, 0.25) is 11.8 Å². The molecule has 2 aliphatic rings. The van der Waals surface area contributed by atoms with Crippen molar-refractivity contribution in [3.05, 3.63) is 65.9 Å². The molecule has 0 aliphatic carbocycles. The highest BCUT2D eigenvalue weighted by Crippen LogP contribution is 2.33. The number of aromatic nitrogens is 2. The van der Waals surface area contributed by atoms with Crippen LogP contribution in [0.4, 0.5) is 5.95 Å². The zero-order valence-electron chi connectivity index (χ0n) is 20.9. The van der Waals surface area contributed by atoms with Gasteiger partial charge in [-0.05, 0) is 55.2 Å². The quantitative estimate of drug-likeness (QED) is 0.485. The number of nitrogens with zero attached hydrogens (tertiary/aromatic N) is 4. The number of fused-ring (bicyclic) bond motifs is 1. The Kier molecular flexibility index (Phi) is 7.21. The van der Waals surface area contributed by atoms with Crippen molar-refractivity contribution < 1.29 is 19.0 Å². The van der Waals surface area contributed by atoms with Gasteiger partial charge < -0.3 is 24.0 Å². The first-order chi connectivity index (χ1) is 17.6. The third kappa shape index (κ3) is 5.53. The fourth-order valence-electron chi connectivity index (χ4n) is 4.53. The van der Waals surface area contributed by atoms with Gasteiger partial charge >= 0.3 is 0 Å². The Morgan fingerprint density at radius 1 is 0.944 bits per heavy atom. The normalized spacial score (nSPS) is 15.8. The number of para-hydroxylation sites is 1. The number of hydrogen-bond acceptors (Lipinski definition) is 7. The molecule has 0 bridgehead atoms. The van der Waals surface area contributed by atoms with Gasteiger partial charge in [-0.1, -0.05) is 25.1 Å². The van der Waals surface area contributed by atoms with Crippen LogP contribution < -0.4 is 19.1 Å². The second-order valence-corrected chi connectivity index (χ2v) is 9.37. The number of piperidine rings is 1. The van der Waals surface area contributed by atoms with Gasteiger partial charge in [-0.25, -0.2) is 4.98 Å². The van der Waals surface area contributed by atoms with Crippen molar-refractivity contribution in [2.75, 3.05) is 38.3 Å². The Bertz CT molecular complexity index is 1180. The van der Waals surface area contributed by atoms with E-state index in [4.69, 9.17) is 24.2 Å². The van der Waals surface area contributed by atoms with Crippen LogP contribution in [0, 0.1) is 5.92 Å². The molecule has 1 fully saturated rings. The maximum absolute atomic E-state index is 13.0. The van der Waals surface area contributed by atoms with Crippen molar-refractivity contribution in [2.45, 2.75) is 32.7 Å². The number of anilines is 1. The first-order valence-electron chi connectivity index (χ1n) is 12.5. The van der Waals surface area contributed by atoms with Gasteiger partial charge in [-0.15, -0.1) is 0 Å². The van der Waals surface area contributed by atoms with Crippen LogP contribution in [-0.2, 0) is 17.8 Å². The maximum atomic E-state index is 13.0. The highest BCUT2D eigenvalue weighted by Gasteiger charge is 2.29. The van der Waals surface area contributed by atoms with Gasteiger partial charge in [0, 0.05) is 26.1 Å². The summed E-state index contributed by atoms with van der Waals surface area (Å²) in [6.07, 6.45) is 2.89. The average Bonchev–Trinajstić information content (AvgIpc) is 2.93. The zero-order chi connectivity index (χ0) is 24.9. The van der Waals surface area contributed by atoms with E-state index in [0.717, 1.165) is 42.9 Å². The number of amides is 1. The molecule has 8 nitrogen and oxygen atoms in total. The molecule has 0 N–H and O–H groups in total. The summed E-state index contributed by atoms with van der Waals surface area (Å²) in [5.74, 6) is 3.93. The summed E-state index contributed by atoms with van der Waals surface area (Å²) in [6.45, 7) is 5.11. The molecule has 8 heteroatoms. The Labute approximate surface area is 211 Å². The second kappa shape index (κ2) is 10.8. The van der Waals surface area contributed by atoms with Crippen LogP contribution in [0.2, 0.25) is 0 Å². The number of hydrogen-bond donors (Lipinski definition) is 0. The van der Waals surface area contributed by atoms with E-state index in [-0.39, 0.29) is 12.5 Å². The zero-order valence-corrected chi connectivity index (χ0v) is 20.9. The molecule has 5 rings (SSSR count). The maximum Gasteiger partial charge on any atom is 0.260 e. The summed E-state index contributed by atoms with van der Waals surface area (Å²) >= 11 is 0. The summed E-state index contributed by atoms with van der Waals surface area (Å²) in [6, 6.07) is 16.8. The van der Waals surface area contributed by atoms with Crippen LogP contribution >= 0.6 is 0 Å². The number of carbonyl (C=O) groups excluding carboxylic acids is 1. The van der Waals surface area contributed by atoms with Crippen LogP contribution in [0.3, 0.4) is 0 Å². The number of ether oxygens (including phenoxy) is 3. The Morgan fingerprint density at radius 3 is 2.39 bits per heavy atom. The summed E-state index contributed by atoms with van der Waals surface area (Å²) in [5, 5.41) is 0. The summed E-state index contributed by atoms with van der Waals surface area (Å²) in [5.41, 5.74) is 1.79. The Balaban J connectivity index is 1.38. The fraction of sp³-hybridized carbons (Fsp3) is 0.393. The molecule has 3 heterocycles. The molecule has 36 heavy (non-hydrogen) atoms. The average molecular weight is 489 g/mol. The van der Waals surface area contributed by atoms with Crippen LogP contribution in [0.25, 0.3) is 0 Å². The molecule has 2 aromatic carbocycles.